The van der Waals surface area contributed by atoms with E-state index in [1.165, 1.54) is 65.6 Å². The van der Waals surface area contributed by atoms with E-state index in [1.54, 1.807) is 31.3 Å². The zero-order valence-corrected chi connectivity index (χ0v) is 23.4. The van der Waals surface area contributed by atoms with Gasteiger partial charge in [-0.2, -0.15) is 0 Å². The monoisotopic (exact) mass is 594 g/mol. The van der Waals surface area contributed by atoms with Crippen LogP contribution in [0.15, 0.2) is 102 Å². The van der Waals surface area contributed by atoms with Crippen LogP contribution in [-0.4, -0.2) is 42.8 Å². The fraction of sp³-hybridized carbons (Fsp3) is 0.167. The fourth-order valence-corrected chi connectivity index (χ4v) is 4.93. The standard InChI is InChI=1S/C30H28F2N4O5S/c1-21(30(38)34-18-26-4-2-3-17-33-26)36(19-22-5-7-23(31)8-6-22)29(37)20-41-27-13-15-28(16-14-27)42(39,40)35-25-11-9-24(32)10-12-25/h2-17,21,35H,18-20H2,1H3,(H,34,38)/t21-/m0/s1. The number of rotatable bonds is 12. The van der Waals surface area contributed by atoms with E-state index in [0.29, 0.717) is 11.3 Å². The van der Waals surface area contributed by atoms with Crippen molar-refractivity contribution < 1.29 is 31.5 Å². The molecule has 4 rings (SSSR count). The van der Waals surface area contributed by atoms with E-state index >= 15 is 0 Å². The van der Waals surface area contributed by atoms with Crippen molar-refractivity contribution in [2.75, 3.05) is 11.3 Å². The summed E-state index contributed by atoms with van der Waals surface area (Å²) < 4.78 is 59.8. The molecule has 3 aromatic carbocycles. The lowest BCUT2D eigenvalue weighted by atomic mass is 10.1. The summed E-state index contributed by atoms with van der Waals surface area (Å²) in [6.45, 7) is 1.32. The zero-order valence-electron chi connectivity index (χ0n) is 22.5. The van der Waals surface area contributed by atoms with Crippen LogP contribution < -0.4 is 14.8 Å². The van der Waals surface area contributed by atoms with Crippen LogP contribution in [0.5, 0.6) is 5.75 Å². The Bertz CT molecular complexity index is 1600. The molecule has 0 saturated carbocycles. The molecule has 0 aliphatic carbocycles. The van der Waals surface area contributed by atoms with Gasteiger partial charge in [0.05, 0.1) is 17.1 Å². The molecule has 0 unspecified atom stereocenters. The minimum atomic E-state index is -3.95. The van der Waals surface area contributed by atoms with Crippen molar-refractivity contribution in [1.29, 1.82) is 0 Å². The molecule has 0 aliphatic heterocycles. The van der Waals surface area contributed by atoms with Crippen LogP contribution in [0, 0.1) is 11.6 Å². The number of carbonyl (C=O) groups is 2. The van der Waals surface area contributed by atoms with Gasteiger partial charge in [-0.05, 0) is 85.3 Å². The Hall–Kier alpha value is -4.84. The van der Waals surface area contributed by atoms with Crippen LogP contribution in [0.25, 0.3) is 0 Å². The molecule has 4 aromatic rings. The number of aromatic nitrogens is 1. The van der Waals surface area contributed by atoms with E-state index < -0.39 is 46.1 Å². The van der Waals surface area contributed by atoms with Gasteiger partial charge < -0.3 is 15.0 Å². The maximum atomic E-state index is 13.4. The summed E-state index contributed by atoms with van der Waals surface area (Å²) in [7, 11) is -3.95. The summed E-state index contributed by atoms with van der Waals surface area (Å²) in [6, 6.07) is 20.2. The molecule has 0 spiro atoms. The van der Waals surface area contributed by atoms with Gasteiger partial charge in [0.15, 0.2) is 6.61 Å². The van der Waals surface area contributed by atoms with Crippen molar-refractivity contribution in [3.8, 4) is 5.75 Å². The van der Waals surface area contributed by atoms with Gasteiger partial charge in [0, 0.05) is 18.4 Å². The predicted octanol–water partition coefficient (Wildman–Crippen LogP) is 4.27. The number of hydrogen-bond acceptors (Lipinski definition) is 6. The number of benzene rings is 3. The fourth-order valence-electron chi connectivity index (χ4n) is 3.87. The lowest BCUT2D eigenvalue weighted by Gasteiger charge is -2.28. The maximum absolute atomic E-state index is 13.4. The summed E-state index contributed by atoms with van der Waals surface area (Å²) in [4.78, 5) is 31.6. The third kappa shape index (κ3) is 8.33. The van der Waals surface area contributed by atoms with Crippen molar-refractivity contribution in [2.24, 2.45) is 0 Å². The van der Waals surface area contributed by atoms with Crippen molar-refractivity contribution in [3.63, 3.8) is 0 Å². The number of nitrogens with zero attached hydrogens (tertiary/aromatic N) is 2. The van der Waals surface area contributed by atoms with Crippen LogP contribution in [0.1, 0.15) is 18.2 Å². The number of halogens is 2. The first kappa shape index (κ1) is 30.1. The SMILES string of the molecule is C[C@@H](C(=O)NCc1ccccn1)N(Cc1ccc(F)cc1)C(=O)COc1ccc(S(=O)(=O)Nc2ccc(F)cc2)cc1. The highest BCUT2D eigenvalue weighted by Gasteiger charge is 2.26. The molecule has 0 fully saturated rings. The quantitative estimate of drug-likeness (QED) is 0.253. The van der Waals surface area contributed by atoms with Gasteiger partial charge in [-0.15, -0.1) is 0 Å². The smallest absolute Gasteiger partial charge is 0.261 e. The second-order valence-electron chi connectivity index (χ2n) is 9.24. The van der Waals surface area contributed by atoms with Gasteiger partial charge in [-0.3, -0.25) is 19.3 Å². The average Bonchev–Trinajstić information content (AvgIpc) is 3.00. The van der Waals surface area contributed by atoms with Crippen molar-refractivity contribution >= 4 is 27.5 Å². The number of pyridine rings is 1. The minimum Gasteiger partial charge on any atom is -0.484 e. The zero-order chi connectivity index (χ0) is 30.1. The molecule has 1 aromatic heterocycles. The molecule has 2 amide bonds. The Morgan fingerprint density at radius 1 is 0.905 bits per heavy atom. The van der Waals surface area contributed by atoms with Crippen LogP contribution in [0.4, 0.5) is 14.5 Å². The summed E-state index contributed by atoms with van der Waals surface area (Å²) in [5.74, 6) is -1.64. The number of carbonyl (C=O) groups excluding carboxylic acids is 2. The highest BCUT2D eigenvalue weighted by atomic mass is 32.2. The molecule has 218 valence electrons. The van der Waals surface area contributed by atoms with E-state index in [0.717, 1.165) is 12.1 Å². The summed E-state index contributed by atoms with van der Waals surface area (Å²) in [6.07, 6.45) is 1.61. The maximum Gasteiger partial charge on any atom is 0.261 e. The van der Waals surface area contributed by atoms with Gasteiger partial charge in [0.25, 0.3) is 15.9 Å². The summed E-state index contributed by atoms with van der Waals surface area (Å²) >= 11 is 0. The minimum absolute atomic E-state index is 0.0207. The van der Waals surface area contributed by atoms with E-state index in [4.69, 9.17) is 4.74 Å². The second-order valence-corrected chi connectivity index (χ2v) is 10.9. The van der Waals surface area contributed by atoms with Crippen LogP contribution in [-0.2, 0) is 32.7 Å². The molecule has 2 N–H and O–H groups in total. The Morgan fingerprint density at radius 2 is 1.55 bits per heavy atom. The first-order valence-corrected chi connectivity index (χ1v) is 14.3. The topological polar surface area (TPSA) is 118 Å². The third-order valence-electron chi connectivity index (χ3n) is 6.20. The van der Waals surface area contributed by atoms with Crippen LogP contribution >= 0.6 is 0 Å². The normalized spacial score (nSPS) is 11.8. The Labute approximate surface area is 242 Å². The van der Waals surface area contributed by atoms with Gasteiger partial charge >= 0.3 is 0 Å². The molecule has 9 nitrogen and oxygen atoms in total. The number of sulfonamides is 1. The summed E-state index contributed by atoms with van der Waals surface area (Å²) in [5, 5.41) is 2.77. The average molecular weight is 595 g/mol. The first-order valence-electron chi connectivity index (χ1n) is 12.8. The van der Waals surface area contributed by atoms with E-state index in [2.05, 4.69) is 15.0 Å². The number of ether oxygens (including phenoxy) is 1. The molecule has 0 aliphatic rings. The Balaban J connectivity index is 1.41. The lowest BCUT2D eigenvalue weighted by Crippen LogP contribution is -2.48. The number of nitrogens with one attached hydrogen (secondary N) is 2. The lowest BCUT2D eigenvalue weighted by molar-refractivity contribution is -0.142. The predicted molar refractivity (Wildman–Crippen MR) is 152 cm³/mol. The molecular formula is C30H28F2N4O5S. The Kier molecular flexibility index (Phi) is 9.81. The van der Waals surface area contributed by atoms with E-state index in [-0.39, 0.29) is 29.4 Å². The largest absolute Gasteiger partial charge is 0.484 e. The van der Waals surface area contributed by atoms with Gasteiger partial charge in [0.2, 0.25) is 5.91 Å². The highest BCUT2D eigenvalue weighted by molar-refractivity contribution is 7.92. The third-order valence-corrected chi connectivity index (χ3v) is 7.59. The molecule has 1 heterocycles. The molecule has 12 heteroatoms. The van der Waals surface area contributed by atoms with Crippen molar-refractivity contribution in [2.45, 2.75) is 31.0 Å². The van der Waals surface area contributed by atoms with Crippen molar-refractivity contribution in [3.05, 3.63) is 120 Å². The molecule has 0 saturated heterocycles. The van der Waals surface area contributed by atoms with Gasteiger partial charge in [-0.1, -0.05) is 18.2 Å². The van der Waals surface area contributed by atoms with Gasteiger partial charge in [0.1, 0.15) is 23.4 Å². The van der Waals surface area contributed by atoms with E-state index in [9.17, 15) is 26.8 Å². The van der Waals surface area contributed by atoms with Crippen LogP contribution in [0.3, 0.4) is 0 Å². The first-order chi connectivity index (χ1) is 20.1. The molecule has 0 radical (unpaired) electrons. The molecule has 1 atom stereocenters. The number of amides is 2. The highest BCUT2D eigenvalue weighted by Crippen LogP contribution is 2.20. The molecule has 0 bridgehead atoms. The van der Waals surface area contributed by atoms with Crippen molar-refractivity contribution in [1.82, 2.24) is 15.2 Å². The molecular weight excluding hydrogens is 566 g/mol. The van der Waals surface area contributed by atoms with Gasteiger partial charge in [-0.25, -0.2) is 17.2 Å². The Morgan fingerprint density at radius 3 is 2.17 bits per heavy atom. The van der Waals surface area contributed by atoms with Crippen LogP contribution in [0.2, 0.25) is 0 Å². The number of hydrogen-bond donors (Lipinski definition) is 2. The second kappa shape index (κ2) is 13.7. The summed E-state index contributed by atoms with van der Waals surface area (Å²) in [5.41, 5.74) is 1.45. The molecule has 42 heavy (non-hydrogen) atoms. The number of anilines is 1. The van der Waals surface area contributed by atoms with E-state index in [1.807, 2.05) is 0 Å².